The number of nitrogens with zero attached hydrogens (tertiary/aromatic N) is 2. The van der Waals surface area contributed by atoms with Crippen LogP contribution in [0, 0.1) is 0 Å². The van der Waals surface area contributed by atoms with Crippen LogP contribution < -0.4 is 4.74 Å². The highest BCUT2D eigenvalue weighted by atomic mass is 35.5. The normalized spacial score (nSPS) is 10.7. The van der Waals surface area contributed by atoms with E-state index in [1.807, 2.05) is 12.1 Å². The predicted octanol–water partition coefficient (Wildman–Crippen LogP) is 5.28. The van der Waals surface area contributed by atoms with Crippen molar-refractivity contribution < 1.29 is 9.15 Å². The van der Waals surface area contributed by atoms with Crippen molar-refractivity contribution in [2.75, 3.05) is 0 Å². The van der Waals surface area contributed by atoms with Gasteiger partial charge in [0.05, 0.1) is 5.02 Å². The lowest BCUT2D eigenvalue weighted by molar-refractivity contribution is 0.264. The number of hydrogen-bond acceptors (Lipinski definition) is 4. The summed E-state index contributed by atoms with van der Waals surface area (Å²) in [5, 5.41) is 9.26. The van der Waals surface area contributed by atoms with Gasteiger partial charge in [0.15, 0.2) is 6.61 Å². The molecule has 0 saturated heterocycles. The molecule has 0 saturated carbocycles. The quantitative estimate of drug-likeness (QED) is 0.639. The lowest BCUT2D eigenvalue weighted by atomic mass is 10.2. The van der Waals surface area contributed by atoms with E-state index in [-0.39, 0.29) is 6.61 Å². The molecule has 1 heterocycles. The van der Waals surface area contributed by atoms with Gasteiger partial charge in [-0.25, -0.2) is 0 Å². The molecule has 0 atom stereocenters. The average Bonchev–Trinajstić information content (AvgIpc) is 2.98. The molecule has 0 radical (unpaired) electrons. The van der Waals surface area contributed by atoms with E-state index >= 15 is 0 Å². The van der Waals surface area contributed by atoms with E-state index in [2.05, 4.69) is 10.2 Å². The zero-order valence-electron chi connectivity index (χ0n) is 11.1. The van der Waals surface area contributed by atoms with E-state index in [1.165, 1.54) is 0 Å². The van der Waals surface area contributed by atoms with Gasteiger partial charge in [0.1, 0.15) is 10.8 Å². The Hall–Kier alpha value is -1.75. The average molecular weight is 356 g/mol. The van der Waals surface area contributed by atoms with Crippen LogP contribution >= 0.6 is 34.8 Å². The molecule has 22 heavy (non-hydrogen) atoms. The fraction of sp³-hybridized carbons (Fsp3) is 0.0667. The Morgan fingerprint density at radius 2 is 1.82 bits per heavy atom. The maximum atomic E-state index is 6.04. The molecule has 0 aliphatic carbocycles. The van der Waals surface area contributed by atoms with Crippen LogP contribution in [0.2, 0.25) is 15.1 Å². The summed E-state index contributed by atoms with van der Waals surface area (Å²) >= 11 is 17.9. The molecule has 0 unspecified atom stereocenters. The summed E-state index contributed by atoms with van der Waals surface area (Å²) in [4.78, 5) is 0. The van der Waals surface area contributed by atoms with Crippen molar-refractivity contribution in [3.63, 3.8) is 0 Å². The molecule has 0 spiro atoms. The summed E-state index contributed by atoms with van der Waals surface area (Å²) in [5.41, 5.74) is 0.743. The van der Waals surface area contributed by atoms with Crippen molar-refractivity contribution in [2.24, 2.45) is 0 Å². The van der Waals surface area contributed by atoms with Crippen LogP contribution in [0.1, 0.15) is 5.89 Å². The van der Waals surface area contributed by atoms with E-state index in [4.69, 9.17) is 44.0 Å². The first-order chi connectivity index (χ1) is 10.6. The van der Waals surface area contributed by atoms with Gasteiger partial charge in [-0.05, 0) is 30.3 Å². The molecule has 2 aromatic carbocycles. The third-order valence-corrected chi connectivity index (χ3v) is 3.84. The van der Waals surface area contributed by atoms with Crippen LogP contribution in [0.25, 0.3) is 11.5 Å². The van der Waals surface area contributed by atoms with Crippen molar-refractivity contribution in [1.82, 2.24) is 10.2 Å². The minimum absolute atomic E-state index is 0.0909. The molecule has 0 amide bonds. The molecule has 1 aromatic heterocycles. The smallest absolute Gasteiger partial charge is 0.254 e. The first-order valence-electron chi connectivity index (χ1n) is 6.28. The Morgan fingerprint density at radius 1 is 1.00 bits per heavy atom. The molecular weight excluding hydrogens is 347 g/mol. The van der Waals surface area contributed by atoms with Gasteiger partial charge in [-0.2, -0.15) is 0 Å². The number of halogens is 3. The number of rotatable bonds is 4. The highest BCUT2D eigenvalue weighted by Gasteiger charge is 2.11. The summed E-state index contributed by atoms with van der Waals surface area (Å²) in [6, 6.07) is 12.3. The highest BCUT2D eigenvalue weighted by Crippen LogP contribution is 2.32. The summed E-state index contributed by atoms with van der Waals surface area (Å²) in [6.07, 6.45) is 0. The first kappa shape index (κ1) is 15.2. The largest absolute Gasteiger partial charge is 0.482 e. The van der Waals surface area contributed by atoms with Gasteiger partial charge in [-0.3, -0.25) is 0 Å². The van der Waals surface area contributed by atoms with Crippen molar-refractivity contribution in [1.29, 1.82) is 0 Å². The van der Waals surface area contributed by atoms with Gasteiger partial charge in [0.25, 0.3) is 5.89 Å². The maximum Gasteiger partial charge on any atom is 0.254 e. The second-order valence-electron chi connectivity index (χ2n) is 4.35. The molecule has 0 fully saturated rings. The molecular formula is C15H9Cl3N2O2. The zero-order valence-corrected chi connectivity index (χ0v) is 13.4. The van der Waals surface area contributed by atoms with Crippen molar-refractivity contribution >= 4 is 34.8 Å². The van der Waals surface area contributed by atoms with Crippen LogP contribution in [0.4, 0.5) is 0 Å². The Bertz CT molecular complexity index is 805. The number of benzene rings is 2. The van der Waals surface area contributed by atoms with E-state index < -0.39 is 0 Å². The van der Waals surface area contributed by atoms with Gasteiger partial charge in [-0.1, -0.05) is 46.9 Å². The molecule has 0 bridgehead atoms. The van der Waals surface area contributed by atoms with Gasteiger partial charge in [-0.15, -0.1) is 10.2 Å². The summed E-state index contributed by atoms with van der Waals surface area (Å²) in [6.45, 7) is 0.0909. The van der Waals surface area contributed by atoms with Crippen LogP contribution in [-0.2, 0) is 6.61 Å². The van der Waals surface area contributed by atoms with E-state index in [9.17, 15) is 0 Å². The van der Waals surface area contributed by atoms with Crippen LogP contribution in [0.15, 0.2) is 46.9 Å². The maximum absolute atomic E-state index is 6.04. The predicted molar refractivity (Wildman–Crippen MR) is 85.5 cm³/mol. The van der Waals surface area contributed by atoms with Gasteiger partial charge >= 0.3 is 0 Å². The Kier molecular flexibility index (Phi) is 4.52. The summed E-state index contributed by atoms with van der Waals surface area (Å²) in [7, 11) is 0. The van der Waals surface area contributed by atoms with Crippen LogP contribution in [0.5, 0.6) is 5.75 Å². The Labute approximate surface area is 141 Å². The van der Waals surface area contributed by atoms with E-state index in [1.54, 1.807) is 30.3 Å². The lowest BCUT2D eigenvalue weighted by Crippen LogP contribution is -1.96. The minimum atomic E-state index is 0.0909. The molecule has 0 N–H and O–H groups in total. The molecule has 112 valence electrons. The van der Waals surface area contributed by atoms with Crippen molar-refractivity contribution in [3.8, 4) is 17.2 Å². The molecule has 3 rings (SSSR count). The standard InChI is InChI=1S/C15H9Cl3N2O2/c16-10-4-1-3-9(7-10)15-20-19-13(22-15)8-21-12-6-2-5-11(17)14(12)18/h1-7H,8H2. The van der Waals surface area contributed by atoms with E-state index in [0.29, 0.717) is 32.6 Å². The number of hydrogen-bond donors (Lipinski definition) is 0. The van der Waals surface area contributed by atoms with E-state index in [0.717, 1.165) is 5.56 Å². The highest BCUT2D eigenvalue weighted by molar-refractivity contribution is 6.42. The molecule has 0 aliphatic rings. The topological polar surface area (TPSA) is 48.2 Å². The van der Waals surface area contributed by atoms with Gasteiger partial charge in [0, 0.05) is 10.6 Å². The molecule has 3 aromatic rings. The number of aromatic nitrogens is 2. The molecule has 7 heteroatoms. The lowest BCUT2D eigenvalue weighted by Gasteiger charge is -2.06. The minimum Gasteiger partial charge on any atom is -0.482 e. The fourth-order valence-corrected chi connectivity index (χ4v) is 2.32. The van der Waals surface area contributed by atoms with Crippen molar-refractivity contribution in [2.45, 2.75) is 6.61 Å². The van der Waals surface area contributed by atoms with Crippen LogP contribution in [-0.4, -0.2) is 10.2 Å². The van der Waals surface area contributed by atoms with Crippen molar-refractivity contribution in [3.05, 3.63) is 63.4 Å². The first-order valence-corrected chi connectivity index (χ1v) is 7.42. The Morgan fingerprint density at radius 3 is 2.64 bits per heavy atom. The molecule has 0 aliphatic heterocycles. The second-order valence-corrected chi connectivity index (χ2v) is 5.57. The van der Waals surface area contributed by atoms with Crippen LogP contribution in [0.3, 0.4) is 0 Å². The third kappa shape index (κ3) is 3.35. The SMILES string of the molecule is Clc1cccc(-c2nnc(COc3cccc(Cl)c3Cl)o2)c1. The van der Waals surface area contributed by atoms with Gasteiger partial charge < -0.3 is 9.15 Å². The third-order valence-electron chi connectivity index (χ3n) is 2.81. The monoisotopic (exact) mass is 354 g/mol. The fourth-order valence-electron chi connectivity index (χ4n) is 1.79. The zero-order chi connectivity index (χ0) is 15.5. The summed E-state index contributed by atoms with van der Waals surface area (Å²) in [5.74, 6) is 1.15. The second kappa shape index (κ2) is 6.57. The Balaban J connectivity index is 1.73. The van der Waals surface area contributed by atoms with Gasteiger partial charge in [0.2, 0.25) is 5.89 Å². The summed E-state index contributed by atoms with van der Waals surface area (Å²) < 4.78 is 11.1. The number of ether oxygens (including phenoxy) is 1. The molecule has 4 nitrogen and oxygen atoms in total.